The zero-order valence-electron chi connectivity index (χ0n) is 13.6. The molecule has 23 heavy (non-hydrogen) atoms. The fourth-order valence-electron chi connectivity index (χ4n) is 2.66. The van der Waals surface area contributed by atoms with Crippen LogP contribution in [-0.2, 0) is 16.6 Å². The van der Waals surface area contributed by atoms with E-state index >= 15 is 0 Å². The number of aryl methyl sites for hydroxylation is 1. The van der Waals surface area contributed by atoms with Crippen LogP contribution in [0.2, 0.25) is 0 Å². The number of nitrogens with zero attached hydrogens (tertiary/aromatic N) is 5. The Labute approximate surface area is 137 Å². The lowest BCUT2D eigenvalue weighted by atomic mass is 9.96. The molecule has 0 bridgehead atoms. The van der Waals surface area contributed by atoms with Gasteiger partial charge >= 0.3 is 5.97 Å². The highest BCUT2D eigenvalue weighted by Crippen LogP contribution is 2.37. The molecule has 9 heteroatoms. The van der Waals surface area contributed by atoms with Crippen molar-refractivity contribution in [3.63, 3.8) is 0 Å². The van der Waals surface area contributed by atoms with Crippen LogP contribution in [0.3, 0.4) is 0 Å². The second-order valence-corrected chi connectivity index (χ2v) is 6.01. The minimum Gasteiger partial charge on any atom is -0.466 e. The Bertz CT molecular complexity index is 806. The lowest BCUT2D eigenvalue weighted by Crippen LogP contribution is -2.29. The molecule has 1 aliphatic heterocycles. The highest BCUT2D eigenvalue weighted by molar-refractivity contribution is 7.98. The van der Waals surface area contributed by atoms with Gasteiger partial charge in [0.2, 0.25) is 11.1 Å². The number of esters is 1. The van der Waals surface area contributed by atoms with Gasteiger partial charge in [-0.25, -0.2) is 9.48 Å². The van der Waals surface area contributed by atoms with Crippen molar-refractivity contribution in [1.29, 1.82) is 0 Å². The molecule has 0 radical (unpaired) electrons. The van der Waals surface area contributed by atoms with Gasteiger partial charge in [0.15, 0.2) is 0 Å². The number of fused-ring (bicyclic) bond motifs is 1. The molecule has 1 N–H and O–H groups in total. The largest absolute Gasteiger partial charge is 0.466 e. The van der Waals surface area contributed by atoms with Crippen LogP contribution >= 0.6 is 11.8 Å². The Hall–Kier alpha value is -2.29. The van der Waals surface area contributed by atoms with Gasteiger partial charge in [0, 0.05) is 24.0 Å². The molecular weight excluding hydrogens is 316 g/mol. The number of thioether (sulfide) groups is 1. The van der Waals surface area contributed by atoms with Crippen LogP contribution in [-0.4, -0.2) is 43.9 Å². The molecule has 0 aromatic carbocycles. The van der Waals surface area contributed by atoms with Crippen LogP contribution in [0.4, 0.5) is 5.95 Å². The van der Waals surface area contributed by atoms with Gasteiger partial charge in [-0.1, -0.05) is 11.8 Å². The summed E-state index contributed by atoms with van der Waals surface area (Å²) in [5.74, 6) is 0.211. The molecule has 0 amide bonds. The molecule has 1 atom stereocenters. The molecule has 3 rings (SSSR count). The van der Waals surface area contributed by atoms with E-state index in [9.17, 15) is 4.79 Å². The Morgan fingerprint density at radius 3 is 2.74 bits per heavy atom. The van der Waals surface area contributed by atoms with Crippen molar-refractivity contribution >= 4 is 23.7 Å². The monoisotopic (exact) mass is 334 g/mol. The van der Waals surface area contributed by atoms with Crippen molar-refractivity contribution in [3.8, 4) is 0 Å². The molecule has 1 aliphatic rings. The number of methoxy groups -OCH3 is 1. The van der Waals surface area contributed by atoms with E-state index in [1.807, 2.05) is 27.2 Å². The maximum Gasteiger partial charge on any atom is 0.338 e. The zero-order valence-corrected chi connectivity index (χ0v) is 14.4. The highest BCUT2D eigenvalue weighted by Gasteiger charge is 2.36. The van der Waals surface area contributed by atoms with Gasteiger partial charge in [-0.2, -0.15) is 10.1 Å². The fraction of sp³-hybridized carbons (Fsp3) is 0.429. The SMILES string of the molecule is COC(=O)C1=C(C)Nc2nc(SC)nn2C1c1cnn(C)c1C. The summed E-state index contributed by atoms with van der Waals surface area (Å²) in [6.45, 7) is 3.79. The number of carbonyl (C=O) groups excluding carboxylic acids is 1. The summed E-state index contributed by atoms with van der Waals surface area (Å²) in [5, 5.41) is 12.6. The van der Waals surface area contributed by atoms with Crippen molar-refractivity contribution in [2.45, 2.75) is 25.0 Å². The Balaban J connectivity index is 2.23. The fourth-order valence-corrected chi connectivity index (χ4v) is 3.01. The number of allylic oxidation sites excluding steroid dienone is 1. The second-order valence-electron chi connectivity index (χ2n) is 5.23. The average molecular weight is 334 g/mol. The number of aromatic nitrogens is 5. The first-order valence-electron chi connectivity index (χ1n) is 7.03. The first-order valence-corrected chi connectivity index (χ1v) is 8.25. The molecule has 0 aliphatic carbocycles. The summed E-state index contributed by atoms with van der Waals surface area (Å²) in [7, 11) is 3.24. The van der Waals surface area contributed by atoms with E-state index in [2.05, 4.69) is 20.5 Å². The molecule has 0 fully saturated rings. The van der Waals surface area contributed by atoms with Gasteiger partial charge in [-0.15, -0.1) is 5.10 Å². The van der Waals surface area contributed by atoms with E-state index in [4.69, 9.17) is 4.74 Å². The van der Waals surface area contributed by atoms with Gasteiger partial charge in [0.1, 0.15) is 6.04 Å². The van der Waals surface area contributed by atoms with Crippen LogP contribution in [0.15, 0.2) is 22.6 Å². The van der Waals surface area contributed by atoms with Crippen molar-refractivity contribution < 1.29 is 9.53 Å². The number of carbonyl (C=O) groups is 1. The van der Waals surface area contributed by atoms with Crippen LogP contribution in [0.5, 0.6) is 0 Å². The molecule has 0 spiro atoms. The van der Waals surface area contributed by atoms with E-state index in [0.717, 1.165) is 11.3 Å². The highest BCUT2D eigenvalue weighted by atomic mass is 32.2. The normalized spacial score (nSPS) is 17.0. The van der Waals surface area contributed by atoms with Crippen molar-refractivity contribution in [3.05, 3.63) is 28.7 Å². The minimum absolute atomic E-state index is 0.393. The van der Waals surface area contributed by atoms with Gasteiger partial charge in [-0.05, 0) is 20.1 Å². The number of hydrogen-bond donors (Lipinski definition) is 1. The third-order valence-corrected chi connectivity index (χ3v) is 4.53. The number of ether oxygens (including phenoxy) is 1. The predicted octanol–water partition coefficient (Wildman–Crippen LogP) is 1.50. The van der Waals surface area contributed by atoms with Crippen molar-refractivity contribution in [2.75, 3.05) is 18.7 Å². The topological polar surface area (TPSA) is 86.9 Å². The summed E-state index contributed by atoms with van der Waals surface area (Å²) in [5.41, 5.74) is 3.07. The molecule has 8 nitrogen and oxygen atoms in total. The van der Waals surface area contributed by atoms with Crippen LogP contribution < -0.4 is 5.32 Å². The Morgan fingerprint density at radius 2 is 2.17 bits per heavy atom. The van der Waals surface area contributed by atoms with Crippen molar-refractivity contribution in [1.82, 2.24) is 24.5 Å². The average Bonchev–Trinajstić information content (AvgIpc) is 3.09. The third-order valence-electron chi connectivity index (χ3n) is 3.99. The summed E-state index contributed by atoms with van der Waals surface area (Å²) >= 11 is 1.45. The molecular formula is C14H18N6O2S. The van der Waals surface area contributed by atoms with Crippen LogP contribution in [0.1, 0.15) is 24.2 Å². The molecule has 122 valence electrons. The molecule has 0 saturated heterocycles. The zero-order chi connectivity index (χ0) is 16.7. The lowest BCUT2D eigenvalue weighted by Gasteiger charge is -2.27. The number of nitrogens with one attached hydrogen (secondary N) is 1. The quantitative estimate of drug-likeness (QED) is 0.672. The lowest BCUT2D eigenvalue weighted by molar-refractivity contribution is -0.136. The number of anilines is 1. The van der Waals surface area contributed by atoms with E-state index in [1.54, 1.807) is 15.6 Å². The number of hydrogen-bond acceptors (Lipinski definition) is 7. The van der Waals surface area contributed by atoms with Crippen LogP contribution in [0, 0.1) is 6.92 Å². The van der Waals surface area contributed by atoms with Gasteiger partial charge in [0.05, 0.1) is 18.9 Å². The Morgan fingerprint density at radius 1 is 1.43 bits per heavy atom. The first kappa shape index (κ1) is 15.6. The first-order chi connectivity index (χ1) is 11.0. The van der Waals surface area contributed by atoms with E-state index in [1.165, 1.54) is 18.9 Å². The van der Waals surface area contributed by atoms with Gasteiger partial charge in [0.25, 0.3) is 0 Å². The third kappa shape index (κ3) is 2.40. The van der Waals surface area contributed by atoms with E-state index in [-0.39, 0.29) is 0 Å². The molecule has 3 heterocycles. The van der Waals surface area contributed by atoms with E-state index < -0.39 is 12.0 Å². The summed E-state index contributed by atoms with van der Waals surface area (Å²) in [4.78, 5) is 16.8. The Kier molecular flexibility index (Phi) is 3.88. The number of rotatable bonds is 3. The van der Waals surface area contributed by atoms with Crippen molar-refractivity contribution in [2.24, 2.45) is 7.05 Å². The van der Waals surface area contributed by atoms with Crippen LogP contribution in [0.25, 0.3) is 0 Å². The molecule has 2 aromatic heterocycles. The smallest absolute Gasteiger partial charge is 0.338 e. The minimum atomic E-state index is -0.416. The second kappa shape index (κ2) is 5.73. The molecule has 1 unspecified atom stereocenters. The standard InChI is InChI=1S/C14H18N6O2S/c1-7-10(12(21)22-4)11(9-6-15-19(3)8(9)2)20-13(16-7)17-14(18-20)23-5/h6,11H,1-5H3,(H,16,17,18). The predicted molar refractivity (Wildman–Crippen MR) is 86.2 cm³/mol. The maximum absolute atomic E-state index is 12.4. The summed E-state index contributed by atoms with van der Waals surface area (Å²) in [6.07, 6.45) is 3.67. The van der Waals surface area contributed by atoms with E-state index in [0.29, 0.717) is 22.4 Å². The molecule has 0 saturated carbocycles. The van der Waals surface area contributed by atoms with Gasteiger partial charge in [-0.3, -0.25) is 4.68 Å². The van der Waals surface area contributed by atoms with Gasteiger partial charge < -0.3 is 10.1 Å². The maximum atomic E-state index is 12.4. The molecule has 2 aromatic rings. The summed E-state index contributed by atoms with van der Waals surface area (Å²) < 4.78 is 8.46. The summed E-state index contributed by atoms with van der Waals surface area (Å²) in [6, 6.07) is -0.416.